The van der Waals surface area contributed by atoms with Crippen molar-refractivity contribution >= 4 is 5.97 Å². The van der Waals surface area contributed by atoms with E-state index in [0.29, 0.717) is 5.69 Å². The molecule has 0 bridgehead atoms. The summed E-state index contributed by atoms with van der Waals surface area (Å²) in [4.78, 5) is 10.9. The van der Waals surface area contributed by atoms with Gasteiger partial charge in [-0.1, -0.05) is 0 Å². The first kappa shape index (κ1) is 10.7. The molecule has 0 aliphatic carbocycles. The van der Waals surface area contributed by atoms with E-state index in [4.69, 9.17) is 0 Å². The number of ether oxygens (including phenoxy) is 1. The van der Waals surface area contributed by atoms with E-state index in [1.165, 1.54) is 7.11 Å². The molecular formula is C9H14N2O3. The molecule has 1 atom stereocenters. The fraction of sp³-hybridized carbons (Fsp3) is 0.556. The molecule has 0 aromatic carbocycles. The standard InChI is InChI=1S/C9H14N2O3/c1-3-11-5-4-7(10-11)8(12)6-9(13)14-2/h4-5,8,12H,3,6H2,1-2H3/t8-/m0/s1. The summed E-state index contributed by atoms with van der Waals surface area (Å²) in [5.41, 5.74) is 0.497. The average molecular weight is 198 g/mol. The number of aliphatic hydroxyl groups excluding tert-OH is 1. The highest BCUT2D eigenvalue weighted by Crippen LogP contribution is 2.14. The van der Waals surface area contributed by atoms with E-state index in [1.54, 1.807) is 16.9 Å². The lowest BCUT2D eigenvalue weighted by atomic mass is 10.2. The number of nitrogens with zero attached hydrogens (tertiary/aromatic N) is 2. The molecule has 1 aromatic heterocycles. The zero-order chi connectivity index (χ0) is 10.6. The summed E-state index contributed by atoms with van der Waals surface area (Å²) in [7, 11) is 1.29. The Bertz CT molecular complexity index is 309. The minimum absolute atomic E-state index is 0.0583. The lowest BCUT2D eigenvalue weighted by Crippen LogP contribution is -2.09. The van der Waals surface area contributed by atoms with Crippen LogP contribution in [0.15, 0.2) is 12.3 Å². The molecule has 78 valence electrons. The molecule has 1 N–H and O–H groups in total. The molecule has 1 heterocycles. The van der Waals surface area contributed by atoms with Crippen molar-refractivity contribution in [1.82, 2.24) is 9.78 Å². The number of esters is 1. The number of aryl methyl sites for hydroxylation is 1. The van der Waals surface area contributed by atoms with Crippen LogP contribution in [0, 0.1) is 0 Å². The molecule has 1 rings (SSSR count). The number of hydrogen-bond donors (Lipinski definition) is 1. The summed E-state index contributed by atoms with van der Waals surface area (Å²) in [6.07, 6.45) is 0.822. The highest BCUT2D eigenvalue weighted by atomic mass is 16.5. The van der Waals surface area contributed by atoms with Gasteiger partial charge in [-0.3, -0.25) is 9.48 Å². The summed E-state index contributed by atoms with van der Waals surface area (Å²) in [6, 6.07) is 1.69. The van der Waals surface area contributed by atoms with E-state index < -0.39 is 12.1 Å². The van der Waals surface area contributed by atoms with Gasteiger partial charge in [0.05, 0.1) is 19.2 Å². The second-order valence-corrected chi connectivity index (χ2v) is 2.89. The normalized spacial score (nSPS) is 12.5. The molecule has 5 nitrogen and oxygen atoms in total. The molecule has 5 heteroatoms. The number of carbonyl (C=O) groups excluding carboxylic acids is 1. The fourth-order valence-electron chi connectivity index (χ4n) is 1.08. The minimum atomic E-state index is -0.879. The molecule has 14 heavy (non-hydrogen) atoms. The maximum Gasteiger partial charge on any atom is 0.308 e. The number of aliphatic hydroxyl groups is 1. The lowest BCUT2D eigenvalue weighted by Gasteiger charge is -2.05. The van der Waals surface area contributed by atoms with Crippen molar-refractivity contribution in [3.05, 3.63) is 18.0 Å². The summed E-state index contributed by atoms with van der Waals surface area (Å²) < 4.78 is 6.13. The highest BCUT2D eigenvalue weighted by Gasteiger charge is 2.15. The van der Waals surface area contributed by atoms with E-state index in [-0.39, 0.29) is 6.42 Å². The van der Waals surface area contributed by atoms with Crippen molar-refractivity contribution in [1.29, 1.82) is 0 Å². The Morgan fingerprint density at radius 1 is 1.79 bits per heavy atom. The van der Waals surface area contributed by atoms with Crippen molar-refractivity contribution < 1.29 is 14.6 Å². The van der Waals surface area contributed by atoms with Crippen LogP contribution in [0.5, 0.6) is 0 Å². The van der Waals surface area contributed by atoms with Gasteiger partial charge < -0.3 is 9.84 Å². The summed E-state index contributed by atoms with van der Waals surface area (Å²) in [5, 5.41) is 13.6. The van der Waals surface area contributed by atoms with Gasteiger partial charge >= 0.3 is 5.97 Å². The first-order valence-corrected chi connectivity index (χ1v) is 4.45. The van der Waals surface area contributed by atoms with Crippen LogP contribution in [-0.2, 0) is 16.1 Å². The Morgan fingerprint density at radius 2 is 2.50 bits per heavy atom. The number of hydrogen-bond acceptors (Lipinski definition) is 4. The van der Waals surface area contributed by atoms with Gasteiger partial charge in [-0.2, -0.15) is 5.10 Å². The van der Waals surface area contributed by atoms with Crippen LogP contribution >= 0.6 is 0 Å². The van der Waals surface area contributed by atoms with Crippen LogP contribution in [0.4, 0.5) is 0 Å². The zero-order valence-corrected chi connectivity index (χ0v) is 8.30. The SMILES string of the molecule is CCn1ccc([C@@H](O)CC(=O)OC)n1. The van der Waals surface area contributed by atoms with Crippen molar-refractivity contribution in [2.24, 2.45) is 0 Å². The molecule has 0 saturated heterocycles. The zero-order valence-electron chi connectivity index (χ0n) is 8.30. The molecule has 0 fully saturated rings. The van der Waals surface area contributed by atoms with Gasteiger partial charge in [0.1, 0.15) is 6.10 Å². The predicted molar refractivity (Wildman–Crippen MR) is 49.5 cm³/mol. The molecule has 0 aliphatic heterocycles. The number of aromatic nitrogens is 2. The first-order chi connectivity index (χ1) is 6.67. The summed E-state index contributed by atoms with van der Waals surface area (Å²) >= 11 is 0. The number of carbonyl (C=O) groups is 1. The maximum absolute atomic E-state index is 10.9. The number of methoxy groups -OCH3 is 1. The van der Waals surface area contributed by atoms with Gasteiger partial charge in [-0.15, -0.1) is 0 Å². The van der Waals surface area contributed by atoms with Crippen LogP contribution < -0.4 is 0 Å². The number of rotatable bonds is 4. The smallest absolute Gasteiger partial charge is 0.308 e. The largest absolute Gasteiger partial charge is 0.469 e. The Kier molecular flexibility index (Phi) is 3.64. The van der Waals surface area contributed by atoms with E-state index in [0.717, 1.165) is 6.54 Å². The highest BCUT2D eigenvalue weighted by molar-refractivity contribution is 5.69. The van der Waals surface area contributed by atoms with Crippen molar-refractivity contribution in [3.8, 4) is 0 Å². The Morgan fingerprint density at radius 3 is 3.00 bits per heavy atom. The van der Waals surface area contributed by atoms with Crippen molar-refractivity contribution in [2.75, 3.05) is 7.11 Å². The van der Waals surface area contributed by atoms with Crippen LogP contribution in [0.25, 0.3) is 0 Å². The van der Waals surface area contributed by atoms with Crippen LogP contribution in [0.3, 0.4) is 0 Å². The third kappa shape index (κ3) is 2.56. The third-order valence-corrected chi connectivity index (χ3v) is 1.91. The lowest BCUT2D eigenvalue weighted by molar-refractivity contribution is -0.142. The average Bonchev–Trinajstić information content (AvgIpc) is 2.65. The summed E-state index contributed by atoms with van der Waals surface area (Å²) in [5.74, 6) is -0.441. The first-order valence-electron chi connectivity index (χ1n) is 4.45. The Balaban J connectivity index is 2.60. The maximum atomic E-state index is 10.9. The van der Waals surface area contributed by atoms with Gasteiger partial charge in [-0.05, 0) is 13.0 Å². The topological polar surface area (TPSA) is 64.4 Å². The summed E-state index contributed by atoms with van der Waals surface area (Å²) in [6.45, 7) is 2.69. The van der Waals surface area contributed by atoms with E-state index in [9.17, 15) is 9.90 Å². The van der Waals surface area contributed by atoms with E-state index >= 15 is 0 Å². The second-order valence-electron chi connectivity index (χ2n) is 2.89. The quantitative estimate of drug-likeness (QED) is 0.715. The molecule has 0 unspecified atom stereocenters. The molecule has 0 spiro atoms. The van der Waals surface area contributed by atoms with Crippen LogP contribution in [-0.4, -0.2) is 28.0 Å². The van der Waals surface area contributed by atoms with Crippen molar-refractivity contribution in [3.63, 3.8) is 0 Å². The Labute approximate surface area is 82.3 Å². The molecule has 1 aromatic rings. The van der Waals surface area contributed by atoms with E-state index in [2.05, 4.69) is 9.84 Å². The Hall–Kier alpha value is -1.36. The fourth-order valence-corrected chi connectivity index (χ4v) is 1.08. The van der Waals surface area contributed by atoms with Gasteiger partial charge in [0.2, 0.25) is 0 Å². The molecule has 0 aliphatic rings. The van der Waals surface area contributed by atoms with Gasteiger partial charge in [0.15, 0.2) is 0 Å². The van der Waals surface area contributed by atoms with E-state index in [1.807, 2.05) is 6.92 Å². The third-order valence-electron chi connectivity index (χ3n) is 1.91. The van der Waals surface area contributed by atoms with Crippen molar-refractivity contribution in [2.45, 2.75) is 26.0 Å². The van der Waals surface area contributed by atoms with Crippen LogP contribution in [0.2, 0.25) is 0 Å². The minimum Gasteiger partial charge on any atom is -0.469 e. The monoisotopic (exact) mass is 198 g/mol. The van der Waals surface area contributed by atoms with Crippen LogP contribution in [0.1, 0.15) is 25.1 Å². The molecule has 0 saturated carbocycles. The van der Waals surface area contributed by atoms with Gasteiger partial charge in [0.25, 0.3) is 0 Å². The molecule has 0 amide bonds. The van der Waals surface area contributed by atoms with Gasteiger partial charge in [0, 0.05) is 12.7 Å². The van der Waals surface area contributed by atoms with Gasteiger partial charge in [-0.25, -0.2) is 0 Å². The molecule has 0 radical (unpaired) electrons. The predicted octanol–water partition coefficient (Wildman–Crippen LogP) is 0.499. The molecular weight excluding hydrogens is 184 g/mol. The second kappa shape index (κ2) is 4.76.